The molecule has 0 radical (unpaired) electrons. The second kappa shape index (κ2) is 8.08. The minimum atomic E-state index is -0.885. The van der Waals surface area contributed by atoms with Crippen LogP contribution in [0.15, 0.2) is 18.2 Å². The monoisotopic (exact) mass is 343 g/mol. The van der Waals surface area contributed by atoms with Crippen LogP contribution in [0.2, 0.25) is 5.02 Å². The van der Waals surface area contributed by atoms with Gasteiger partial charge in [0.25, 0.3) is 0 Å². The summed E-state index contributed by atoms with van der Waals surface area (Å²) < 4.78 is 19.2. The van der Waals surface area contributed by atoms with Crippen molar-refractivity contribution in [2.24, 2.45) is 0 Å². The van der Waals surface area contributed by atoms with Gasteiger partial charge in [0.2, 0.25) is 0 Å². The summed E-state index contributed by atoms with van der Waals surface area (Å²) in [5, 5.41) is 12.8. The molecule has 2 rings (SSSR count). The Morgan fingerprint density at radius 2 is 2.13 bits per heavy atom. The summed E-state index contributed by atoms with van der Waals surface area (Å²) in [7, 11) is 0. The van der Waals surface area contributed by atoms with E-state index >= 15 is 0 Å². The number of nitrogens with one attached hydrogen (secondary N) is 1. The fourth-order valence-electron chi connectivity index (χ4n) is 3.11. The molecular formula is C17H23ClFNO3. The lowest BCUT2D eigenvalue weighted by Crippen LogP contribution is -2.36. The normalized spacial score (nSPS) is 18.6. The Morgan fingerprint density at radius 3 is 2.70 bits per heavy atom. The van der Waals surface area contributed by atoms with Gasteiger partial charge in [-0.05, 0) is 42.6 Å². The summed E-state index contributed by atoms with van der Waals surface area (Å²) in [4.78, 5) is 11.1. The summed E-state index contributed by atoms with van der Waals surface area (Å²) >= 11 is 6.24. The van der Waals surface area contributed by atoms with Crippen molar-refractivity contribution in [2.75, 3.05) is 26.4 Å². The van der Waals surface area contributed by atoms with E-state index in [1.54, 1.807) is 12.1 Å². The maximum Gasteiger partial charge on any atom is 0.305 e. The second-order valence-electron chi connectivity index (χ2n) is 6.01. The zero-order valence-electron chi connectivity index (χ0n) is 13.3. The molecule has 1 aromatic rings. The minimum Gasteiger partial charge on any atom is -0.481 e. The molecule has 0 amide bonds. The largest absolute Gasteiger partial charge is 0.481 e. The van der Waals surface area contributed by atoms with Crippen LogP contribution in [0.3, 0.4) is 0 Å². The molecule has 1 aliphatic rings. The fraction of sp³-hybridized carbons (Fsp3) is 0.588. The van der Waals surface area contributed by atoms with E-state index in [2.05, 4.69) is 5.32 Å². The van der Waals surface area contributed by atoms with Gasteiger partial charge in [0.05, 0.1) is 13.1 Å². The number of carbonyl (C=O) groups is 1. The number of aliphatic carboxylic acids is 1. The third-order valence-corrected chi connectivity index (χ3v) is 4.69. The van der Waals surface area contributed by atoms with Gasteiger partial charge in [-0.15, -0.1) is 0 Å². The second-order valence-corrected chi connectivity index (χ2v) is 6.44. The minimum absolute atomic E-state index is 0.0423. The van der Waals surface area contributed by atoms with Crippen LogP contribution in [0, 0.1) is 0 Å². The molecule has 1 heterocycles. The molecule has 23 heavy (non-hydrogen) atoms. The van der Waals surface area contributed by atoms with Crippen molar-refractivity contribution in [3.05, 3.63) is 34.3 Å². The highest BCUT2D eigenvalue weighted by atomic mass is 35.5. The SMILES string of the molecule is CCNC(CC(=O)O)c1cc(Cl)cc(C2(CF)CCOCC2)c1. The van der Waals surface area contributed by atoms with Crippen LogP contribution >= 0.6 is 11.6 Å². The number of rotatable bonds is 7. The van der Waals surface area contributed by atoms with Crippen LogP contribution in [0.1, 0.15) is 43.4 Å². The van der Waals surface area contributed by atoms with Gasteiger partial charge in [0.1, 0.15) is 0 Å². The molecule has 0 spiro atoms. The average Bonchev–Trinajstić information content (AvgIpc) is 2.54. The number of carboxylic acid groups (broad SMARTS) is 1. The van der Waals surface area contributed by atoms with Crippen LogP contribution in [-0.2, 0) is 14.9 Å². The molecule has 4 nitrogen and oxygen atoms in total. The standard InChI is InChI=1S/C17H23ClFNO3/c1-2-20-15(10-16(21)22)12-7-13(9-14(18)8-12)17(11-19)3-5-23-6-4-17/h7-9,15,20H,2-6,10-11H2,1H3,(H,21,22). The Labute approximate surface area is 141 Å². The first-order valence-electron chi connectivity index (χ1n) is 7.90. The van der Waals surface area contributed by atoms with E-state index in [0.29, 0.717) is 37.6 Å². The molecule has 1 unspecified atom stereocenters. The van der Waals surface area contributed by atoms with Crippen molar-refractivity contribution >= 4 is 17.6 Å². The smallest absolute Gasteiger partial charge is 0.305 e. The van der Waals surface area contributed by atoms with Gasteiger partial charge >= 0.3 is 5.97 Å². The molecule has 1 saturated heterocycles. The molecule has 128 valence electrons. The van der Waals surface area contributed by atoms with Gasteiger partial charge < -0.3 is 15.2 Å². The zero-order chi connectivity index (χ0) is 16.9. The third-order valence-electron chi connectivity index (χ3n) is 4.47. The van der Waals surface area contributed by atoms with E-state index < -0.39 is 18.1 Å². The van der Waals surface area contributed by atoms with Gasteiger partial charge in [0, 0.05) is 29.7 Å². The number of hydrogen-bond acceptors (Lipinski definition) is 3. The molecule has 1 aromatic carbocycles. The quantitative estimate of drug-likeness (QED) is 0.795. The summed E-state index contributed by atoms with van der Waals surface area (Å²) in [6.07, 6.45) is 1.17. The fourth-order valence-corrected chi connectivity index (χ4v) is 3.35. The number of carboxylic acids is 1. The molecule has 0 saturated carbocycles. The molecule has 6 heteroatoms. The van der Waals surface area contributed by atoms with Gasteiger partial charge in [-0.1, -0.05) is 24.6 Å². The highest BCUT2D eigenvalue weighted by Crippen LogP contribution is 2.38. The Kier molecular flexibility index (Phi) is 6.39. The van der Waals surface area contributed by atoms with E-state index in [1.807, 2.05) is 13.0 Å². The number of hydrogen-bond donors (Lipinski definition) is 2. The molecule has 0 aliphatic carbocycles. The first kappa shape index (κ1) is 18.2. The zero-order valence-corrected chi connectivity index (χ0v) is 14.0. The first-order chi connectivity index (χ1) is 11.0. The Bertz CT molecular complexity index is 547. The van der Waals surface area contributed by atoms with Crippen molar-refractivity contribution in [3.63, 3.8) is 0 Å². The molecule has 1 fully saturated rings. The lowest BCUT2D eigenvalue weighted by molar-refractivity contribution is -0.137. The molecule has 1 aliphatic heterocycles. The topological polar surface area (TPSA) is 58.6 Å². The first-order valence-corrected chi connectivity index (χ1v) is 8.28. The van der Waals surface area contributed by atoms with Gasteiger partial charge in [-0.2, -0.15) is 0 Å². The van der Waals surface area contributed by atoms with Crippen LogP contribution < -0.4 is 5.32 Å². The molecular weight excluding hydrogens is 321 g/mol. The Hall–Kier alpha value is -1.17. The average molecular weight is 344 g/mol. The van der Waals surface area contributed by atoms with Crippen molar-refractivity contribution in [1.82, 2.24) is 5.32 Å². The van der Waals surface area contributed by atoms with Crippen LogP contribution in [0.5, 0.6) is 0 Å². The summed E-state index contributed by atoms with van der Waals surface area (Å²) in [5.41, 5.74) is 1.04. The molecule has 0 aromatic heterocycles. The van der Waals surface area contributed by atoms with Crippen molar-refractivity contribution < 1.29 is 19.0 Å². The number of ether oxygens (including phenoxy) is 1. The van der Waals surface area contributed by atoms with Crippen LogP contribution in [-0.4, -0.2) is 37.5 Å². The molecule has 2 N–H and O–H groups in total. The molecule has 1 atom stereocenters. The highest BCUT2D eigenvalue weighted by molar-refractivity contribution is 6.30. The van der Waals surface area contributed by atoms with Crippen molar-refractivity contribution in [3.8, 4) is 0 Å². The number of alkyl halides is 1. The van der Waals surface area contributed by atoms with Crippen LogP contribution in [0.25, 0.3) is 0 Å². The van der Waals surface area contributed by atoms with Gasteiger partial charge in [0.15, 0.2) is 0 Å². The Morgan fingerprint density at radius 1 is 1.43 bits per heavy atom. The third kappa shape index (κ3) is 4.43. The predicted molar refractivity (Wildman–Crippen MR) is 87.8 cm³/mol. The van der Waals surface area contributed by atoms with E-state index in [4.69, 9.17) is 21.4 Å². The van der Waals surface area contributed by atoms with E-state index in [1.165, 1.54) is 0 Å². The van der Waals surface area contributed by atoms with E-state index in [9.17, 15) is 9.18 Å². The predicted octanol–water partition coefficient (Wildman–Crippen LogP) is 3.48. The van der Waals surface area contributed by atoms with Crippen LogP contribution in [0.4, 0.5) is 4.39 Å². The van der Waals surface area contributed by atoms with E-state index in [-0.39, 0.29) is 12.5 Å². The summed E-state index contributed by atoms with van der Waals surface area (Å²) in [6.45, 7) is 3.14. The van der Waals surface area contributed by atoms with Crippen molar-refractivity contribution in [2.45, 2.75) is 37.6 Å². The van der Waals surface area contributed by atoms with Crippen molar-refractivity contribution in [1.29, 1.82) is 0 Å². The summed E-state index contributed by atoms with van der Waals surface area (Å²) in [5.74, 6) is -0.885. The van der Waals surface area contributed by atoms with Gasteiger partial charge in [-0.25, -0.2) is 0 Å². The highest BCUT2D eigenvalue weighted by Gasteiger charge is 2.35. The number of benzene rings is 1. The van der Waals surface area contributed by atoms with E-state index in [0.717, 1.165) is 11.1 Å². The number of halogens is 2. The molecule has 0 bridgehead atoms. The van der Waals surface area contributed by atoms with Gasteiger partial charge in [-0.3, -0.25) is 9.18 Å². The summed E-state index contributed by atoms with van der Waals surface area (Å²) in [6, 6.07) is 5.10. The lowest BCUT2D eigenvalue weighted by Gasteiger charge is -2.36. The maximum atomic E-state index is 13.8. The maximum absolute atomic E-state index is 13.8. The lowest BCUT2D eigenvalue weighted by atomic mass is 9.74. The Balaban J connectivity index is 2.38.